The Morgan fingerprint density at radius 1 is 1.43 bits per heavy atom. The third-order valence-corrected chi connectivity index (χ3v) is 0.985. The van der Waals surface area contributed by atoms with Crippen LogP contribution in [0.5, 0.6) is 0 Å². The number of carboxylic acid groups (broad SMARTS) is 1. The Morgan fingerprint density at radius 3 is 2.00 bits per heavy atom. The van der Waals surface area contributed by atoms with Gasteiger partial charge in [0.25, 0.3) is 0 Å². The van der Waals surface area contributed by atoms with E-state index in [1.165, 1.54) is 0 Å². The van der Waals surface area contributed by atoms with E-state index < -0.39 is 18.6 Å². The van der Waals surface area contributed by atoms with Crippen LogP contribution in [0.1, 0.15) is 0 Å². The molecular weight excluding hydrogens is 186 g/mol. The second kappa shape index (κ2) is 11.8. The summed E-state index contributed by atoms with van der Waals surface area (Å²) in [6, 6.07) is -1.13. The van der Waals surface area contributed by atoms with Crippen LogP contribution in [0.15, 0.2) is 25.3 Å². The lowest BCUT2D eigenvalue weighted by atomic mass is 10.3. The van der Waals surface area contributed by atoms with Crippen molar-refractivity contribution in [3.05, 3.63) is 25.3 Å². The van der Waals surface area contributed by atoms with Crippen molar-refractivity contribution in [2.24, 2.45) is 5.73 Å². The van der Waals surface area contributed by atoms with Gasteiger partial charge >= 0.3 is 5.97 Å². The van der Waals surface area contributed by atoms with Gasteiger partial charge in [-0.15, -0.1) is 13.2 Å². The molecule has 14 heavy (non-hydrogen) atoms. The van der Waals surface area contributed by atoms with Crippen LogP contribution in [-0.2, 0) is 9.53 Å². The molecule has 0 amide bonds. The van der Waals surface area contributed by atoms with Crippen LogP contribution < -0.4 is 5.73 Å². The summed E-state index contributed by atoms with van der Waals surface area (Å²) in [4.78, 5) is 9.65. The Bertz CT molecular complexity index is 162. The zero-order chi connectivity index (χ0) is 11.4. The van der Waals surface area contributed by atoms with Crippen LogP contribution in [0.25, 0.3) is 0 Å². The van der Waals surface area contributed by atoms with Gasteiger partial charge in [-0.05, 0) is 0 Å². The van der Waals surface area contributed by atoms with Crippen molar-refractivity contribution in [1.29, 1.82) is 0 Å². The molecule has 0 bridgehead atoms. The van der Waals surface area contributed by atoms with Gasteiger partial charge in [-0.25, -0.2) is 0 Å². The van der Waals surface area contributed by atoms with Gasteiger partial charge in [-0.1, -0.05) is 12.2 Å². The molecule has 5 heteroatoms. The number of hydrogen-bond acceptors (Lipinski definition) is 4. The van der Waals surface area contributed by atoms with E-state index >= 15 is 0 Å². The van der Waals surface area contributed by atoms with Crippen LogP contribution in [-0.4, -0.2) is 42.0 Å². The molecule has 1 unspecified atom stereocenters. The number of carbonyl (C=O) groups is 1. The standard InChI is InChI=1S/C6H10O.C3H7NO3/c1-3-5-7-6-4-2;4-2(1-5)3(6)7/h3-4H,1-2,5-6H2;2,5H,1,4H2,(H,6,7). The molecule has 0 spiro atoms. The first-order chi connectivity index (χ1) is 6.59. The predicted molar refractivity (Wildman–Crippen MR) is 53.9 cm³/mol. The highest BCUT2D eigenvalue weighted by atomic mass is 16.5. The van der Waals surface area contributed by atoms with E-state index in [-0.39, 0.29) is 0 Å². The third-order valence-electron chi connectivity index (χ3n) is 0.985. The molecule has 0 saturated heterocycles. The molecule has 0 aromatic heterocycles. The highest BCUT2D eigenvalue weighted by Gasteiger charge is 2.06. The number of carboxylic acids is 1. The number of hydrogen-bond donors (Lipinski definition) is 3. The Balaban J connectivity index is 0. The van der Waals surface area contributed by atoms with Gasteiger partial charge in [-0.2, -0.15) is 0 Å². The van der Waals surface area contributed by atoms with E-state index in [1.807, 2.05) is 0 Å². The van der Waals surface area contributed by atoms with Gasteiger partial charge in [0, 0.05) is 0 Å². The molecule has 0 aromatic rings. The zero-order valence-electron chi connectivity index (χ0n) is 8.06. The van der Waals surface area contributed by atoms with E-state index in [4.69, 9.17) is 20.7 Å². The monoisotopic (exact) mass is 203 g/mol. The van der Waals surface area contributed by atoms with Crippen molar-refractivity contribution in [2.45, 2.75) is 6.04 Å². The van der Waals surface area contributed by atoms with E-state index in [9.17, 15) is 4.79 Å². The average Bonchev–Trinajstić information content (AvgIpc) is 2.18. The largest absolute Gasteiger partial charge is 0.480 e. The molecule has 5 nitrogen and oxygen atoms in total. The molecule has 0 radical (unpaired) electrons. The maximum Gasteiger partial charge on any atom is 0.322 e. The topological polar surface area (TPSA) is 92.8 Å². The third kappa shape index (κ3) is 13.4. The summed E-state index contributed by atoms with van der Waals surface area (Å²) < 4.78 is 4.90. The number of aliphatic hydroxyl groups is 1. The summed E-state index contributed by atoms with van der Waals surface area (Å²) in [5.41, 5.74) is 4.77. The second-order valence-electron chi connectivity index (χ2n) is 2.24. The van der Waals surface area contributed by atoms with Crippen LogP contribution in [0.4, 0.5) is 0 Å². The van der Waals surface area contributed by atoms with Crippen LogP contribution in [0.3, 0.4) is 0 Å². The quantitative estimate of drug-likeness (QED) is 0.409. The molecular formula is C9H17NO4. The fourth-order valence-electron chi connectivity index (χ4n) is 0.313. The van der Waals surface area contributed by atoms with Gasteiger partial charge in [0.2, 0.25) is 0 Å². The molecule has 0 aliphatic rings. The first-order valence-corrected chi connectivity index (χ1v) is 3.98. The van der Waals surface area contributed by atoms with Crippen molar-refractivity contribution >= 4 is 5.97 Å². The lowest BCUT2D eigenvalue weighted by Gasteiger charge is -1.96. The first kappa shape index (κ1) is 15.3. The van der Waals surface area contributed by atoms with Crippen molar-refractivity contribution in [3.63, 3.8) is 0 Å². The van der Waals surface area contributed by atoms with Crippen molar-refractivity contribution in [1.82, 2.24) is 0 Å². The molecule has 4 N–H and O–H groups in total. The Hall–Kier alpha value is -1.17. The highest BCUT2D eigenvalue weighted by molar-refractivity contribution is 5.73. The fraction of sp³-hybridized carbons (Fsp3) is 0.444. The highest BCUT2D eigenvalue weighted by Crippen LogP contribution is 1.72. The van der Waals surface area contributed by atoms with Gasteiger partial charge in [0.1, 0.15) is 6.04 Å². The molecule has 0 aliphatic heterocycles. The Morgan fingerprint density at radius 2 is 1.86 bits per heavy atom. The predicted octanol–water partition coefficient (Wildman–Crippen LogP) is -0.234. The summed E-state index contributed by atoms with van der Waals surface area (Å²) in [5, 5.41) is 15.9. The van der Waals surface area contributed by atoms with Gasteiger partial charge in [-0.3, -0.25) is 4.79 Å². The van der Waals surface area contributed by atoms with E-state index in [0.29, 0.717) is 13.2 Å². The molecule has 82 valence electrons. The summed E-state index contributed by atoms with van der Waals surface area (Å²) in [6.07, 6.45) is 3.42. The number of aliphatic hydroxyl groups excluding tert-OH is 1. The average molecular weight is 203 g/mol. The van der Waals surface area contributed by atoms with Crippen LogP contribution >= 0.6 is 0 Å². The number of nitrogens with two attached hydrogens (primary N) is 1. The molecule has 0 fully saturated rings. The SMILES string of the molecule is C=CCOCC=C.NC(CO)C(=O)O. The lowest BCUT2D eigenvalue weighted by Crippen LogP contribution is -2.33. The number of aliphatic carboxylic acids is 1. The minimum absolute atomic E-state index is 0.505. The van der Waals surface area contributed by atoms with Gasteiger partial charge in [0.05, 0.1) is 19.8 Å². The molecule has 0 heterocycles. The van der Waals surface area contributed by atoms with Gasteiger partial charge in [0.15, 0.2) is 0 Å². The maximum atomic E-state index is 9.65. The molecule has 0 aliphatic carbocycles. The maximum absolute atomic E-state index is 9.65. The van der Waals surface area contributed by atoms with Crippen LogP contribution in [0.2, 0.25) is 0 Å². The van der Waals surface area contributed by atoms with Crippen molar-refractivity contribution in [3.8, 4) is 0 Å². The summed E-state index contributed by atoms with van der Waals surface area (Å²) >= 11 is 0. The molecule has 0 saturated carbocycles. The van der Waals surface area contributed by atoms with E-state index in [2.05, 4.69) is 13.2 Å². The second-order valence-corrected chi connectivity index (χ2v) is 2.24. The summed E-state index contributed by atoms with van der Waals surface area (Å²) in [6.45, 7) is 7.68. The minimum atomic E-state index is -1.18. The zero-order valence-corrected chi connectivity index (χ0v) is 8.06. The van der Waals surface area contributed by atoms with Crippen molar-refractivity contribution < 1.29 is 19.7 Å². The van der Waals surface area contributed by atoms with Crippen LogP contribution in [0, 0.1) is 0 Å². The number of ether oxygens (including phenoxy) is 1. The van der Waals surface area contributed by atoms with Gasteiger partial charge < -0.3 is 20.7 Å². The number of rotatable bonds is 6. The first-order valence-electron chi connectivity index (χ1n) is 3.98. The minimum Gasteiger partial charge on any atom is -0.480 e. The molecule has 1 atom stereocenters. The smallest absolute Gasteiger partial charge is 0.322 e. The molecule has 0 aromatic carbocycles. The molecule has 0 rings (SSSR count). The van der Waals surface area contributed by atoms with Crippen molar-refractivity contribution in [2.75, 3.05) is 19.8 Å². The fourth-order valence-corrected chi connectivity index (χ4v) is 0.313. The normalized spacial score (nSPS) is 10.7. The summed E-state index contributed by atoms with van der Waals surface area (Å²) in [5.74, 6) is -1.18. The lowest BCUT2D eigenvalue weighted by molar-refractivity contribution is -0.139. The Kier molecular flexibility index (Phi) is 12.9. The van der Waals surface area contributed by atoms with E-state index in [1.54, 1.807) is 12.2 Å². The van der Waals surface area contributed by atoms with E-state index in [0.717, 1.165) is 0 Å². The Labute approximate surface area is 83.5 Å². The summed E-state index contributed by atoms with van der Waals surface area (Å²) in [7, 11) is 0.